The van der Waals surface area contributed by atoms with E-state index in [9.17, 15) is 9.90 Å². The van der Waals surface area contributed by atoms with Gasteiger partial charge in [0.1, 0.15) is 5.75 Å². The Hall–Kier alpha value is -1.81. The van der Waals surface area contributed by atoms with Gasteiger partial charge in [0.15, 0.2) is 0 Å². The van der Waals surface area contributed by atoms with E-state index in [1.54, 1.807) is 33.8 Å². The molecule has 0 spiro atoms. The zero-order chi connectivity index (χ0) is 16.1. The Balaban J connectivity index is 2.80. The lowest BCUT2D eigenvalue weighted by Crippen LogP contribution is -2.57. The summed E-state index contributed by atoms with van der Waals surface area (Å²) in [5.74, 6) is 0.485. The van der Waals surface area contributed by atoms with Crippen LogP contribution < -0.4 is 10.1 Å². The van der Waals surface area contributed by atoms with Crippen LogP contribution in [-0.2, 0) is 4.79 Å². The van der Waals surface area contributed by atoms with Crippen molar-refractivity contribution in [2.45, 2.75) is 45.8 Å². The first kappa shape index (κ1) is 17.2. The van der Waals surface area contributed by atoms with E-state index in [0.717, 1.165) is 11.3 Å². The van der Waals surface area contributed by atoms with Gasteiger partial charge in [0.2, 0.25) is 5.91 Å². The molecule has 4 heteroatoms. The van der Waals surface area contributed by atoms with Crippen LogP contribution in [0.15, 0.2) is 30.3 Å². The van der Waals surface area contributed by atoms with Crippen molar-refractivity contribution in [3.05, 3.63) is 35.9 Å². The number of nitrogens with one attached hydrogen (secondary N) is 1. The van der Waals surface area contributed by atoms with E-state index in [-0.39, 0.29) is 5.91 Å². The molecule has 1 aromatic rings. The number of carbonyl (C=O) groups is 1. The Labute approximate surface area is 126 Å². The van der Waals surface area contributed by atoms with Gasteiger partial charge in [-0.25, -0.2) is 0 Å². The van der Waals surface area contributed by atoms with Gasteiger partial charge in [-0.2, -0.15) is 0 Å². The summed E-state index contributed by atoms with van der Waals surface area (Å²) in [6.07, 6.45) is 3.16. The molecule has 21 heavy (non-hydrogen) atoms. The van der Waals surface area contributed by atoms with Gasteiger partial charge < -0.3 is 15.2 Å². The predicted molar refractivity (Wildman–Crippen MR) is 85.2 cm³/mol. The molecule has 0 aliphatic rings. The van der Waals surface area contributed by atoms with Crippen molar-refractivity contribution in [3.8, 4) is 5.75 Å². The van der Waals surface area contributed by atoms with Gasteiger partial charge in [0.05, 0.1) is 17.7 Å². The molecule has 0 saturated carbocycles. The summed E-state index contributed by atoms with van der Waals surface area (Å²) in [4.78, 5) is 12.0. The monoisotopic (exact) mass is 291 g/mol. The molecule has 0 heterocycles. The highest BCUT2D eigenvalue weighted by Gasteiger charge is 2.35. The molecule has 2 N–H and O–H groups in total. The van der Waals surface area contributed by atoms with Crippen LogP contribution in [0.3, 0.4) is 0 Å². The minimum Gasteiger partial charge on any atom is -0.493 e. The average Bonchev–Trinajstić information content (AvgIpc) is 2.36. The molecule has 0 atom stereocenters. The SMILES string of the molecule is CCOc1ccccc1/C=C/C(=O)NC(C)(C)C(C)(C)O. The molecule has 0 unspecified atom stereocenters. The Bertz CT molecular complexity index is 513. The molecular weight excluding hydrogens is 266 g/mol. The minimum absolute atomic E-state index is 0.256. The molecule has 116 valence electrons. The predicted octanol–water partition coefficient (Wildman–Crippen LogP) is 2.76. The number of rotatable bonds is 6. The standard InChI is InChI=1S/C17H25NO3/c1-6-21-14-10-8-7-9-13(14)11-12-15(19)18-16(2,3)17(4,5)20/h7-12,20H,6H2,1-5H3,(H,18,19)/b12-11+. The van der Waals surface area contributed by atoms with Crippen LogP contribution >= 0.6 is 0 Å². The van der Waals surface area contributed by atoms with Crippen LogP contribution in [0, 0.1) is 0 Å². The van der Waals surface area contributed by atoms with E-state index in [4.69, 9.17) is 4.74 Å². The lowest BCUT2D eigenvalue weighted by molar-refractivity contribution is -0.121. The summed E-state index contributed by atoms with van der Waals surface area (Å²) < 4.78 is 5.50. The first-order valence-corrected chi connectivity index (χ1v) is 7.12. The number of hydrogen-bond acceptors (Lipinski definition) is 3. The third-order valence-electron chi connectivity index (χ3n) is 3.60. The molecule has 0 bridgehead atoms. The molecule has 0 aliphatic heterocycles. The molecule has 1 rings (SSSR count). The van der Waals surface area contributed by atoms with Crippen molar-refractivity contribution in [2.75, 3.05) is 6.61 Å². The smallest absolute Gasteiger partial charge is 0.244 e. The van der Waals surface area contributed by atoms with E-state index in [0.29, 0.717) is 6.61 Å². The maximum Gasteiger partial charge on any atom is 0.244 e. The second-order valence-corrected chi connectivity index (χ2v) is 5.98. The first-order chi connectivity index (χ1) is 9.67. The largest absolute Gasteiger partial charge is 0.493 e. The van der Waals surface area contributed by atoms with Gasteiger partial charge in [0, 0.05) is 11.6 Å². The quantitative estimate of drug-likeness (QED) is 0.792. The van der Waals surface area contributed by atoms with Gasteiger partial charge in [-0.3, -0.25) is 4.79 Å². The van der Waals surface area contributed by atoms with E-state index >= 15 is 0 Å². The lowest BCUT2D eigenvalue weighted by Gasteiger charge is -2.37. The number of aliphatic hydroxyl groups is 1. The number of para-hydroxylation sites is 1. The van der Waals surface area contributed by atoms with Crippen LogP contribution in [0.5, 0.6) is 5.75 Å². The van der Waals surface area contributed by atoms with Crippen LogP contribution in [0.4, 0.5) is 0 Å². The van der Waals surface area contributed by atoms with Gasteiger partial charge in [-0.1, -0.05) is 18.2 Å². The van der Waals surface area contributed by atoms with Crippen molar-refractivity contribution < 1.29 is 14.6 Å². The average molecular weight is 291 g/mol. The second-order valence-electron chi connectivity index (χ2n) is 5.98. The molecule has 0 radical (unpaired) electrons. The first-order valence-electron chi connectivity index (χ1n) is 7.12. The lowest BCUT2D eigenvalue weighted by atomic mass is 9.86. The molecule has 0 aliphatic carbocycles. The van der Waals surface area contributed by atoms with Crippen LogP contribution in [0.25, 0.3) is 6.08 Å². The molecule has 4 nitrogen and oxygen atoms in total. The summed E-state index contributed by atoms with van der Waals surface area (Å²) in [6.45, 7) is 9.39. The van der Waals surface area contributed by atoms with Crippen LogP contribution in [-0.4, -0.2) is 28.8 Å². The molecular formula is C17H25NO3. The van der Waals surface area contributed by atoms with E-state index in [2.05, 4.69) is 5.32 Å². The van der Waals surface area contributed by atoms with Crippen molar-refractivity contribution in [2.24, 2.45) is 0 Å². The molecule has 0 aromatic heterocycles. The van der Waals surface area contributed by atoms with Crippen molar-refractivity contribution in [3.63, 3.8) is 0 Å². The summed E-state index contributed by atoms with van der Waals surface area (Å²) >= 11 is 0. The molecule has 1 amide bonds. The number of amides is 1. The fourth-order valence-corrected chi connectivity index (χ4v) is 1.57. The van der Waals surface area contributed by atoms with Gasteiger partial charge in [-0.05, 0) is 46.8 Å². The van der Waals surface area contributed by atoms with Crippen molar-refractivity contribution in [1.29, 1.82) is 0 Å². The number of ether oxygens (including phenoxy) is 1. The number of benzene rings is 1. The van der Waals surface area contributed by atoms with E-state index < -0.39 is 11.1 Å². The third kappa shape index (κ3) is 4.90. The molecule has 0 saturated heterocycles. The maximum absolute atomic E-state index is 12.0. The highest BCUT2D eigenvalue weighted by molar-refractivity contribution is 5.92. The Morgan fingerprint density at radius 2 is 1.90 bits per heavy atom. The Morgan fingerprint density at radius 1 is 1.29 bits per heavy atom. The Kier molecular flexibility index (Phi) is 5.55. The van der Waals surface area contributed by atoms with Gasteiger partial charge in [-0.15, -0.1) is 0 Å². The summed E-state index contributed by atoms with van der Waals surface area (Å²) in [5, 5.41) is 12.8. The zero-order valence-corrected chi connectivity index (χ0v) is 13.4. The third-order valence-corrected chi connectivity index (χ3v) is 3.60. The minimum atomic E-state index is -1.01. The van der Waals surface area contributed by atoms with Crippen LogP contribution in [0.1, 0.15) is 40.2 Å². The normalized spacial score (nSPS) is 12.5. The number of hydrogen-bond donors (Lipinski definition) is 2. The Morgan fingerprint density at radius 3 is 2.48 bits per heavy atom. The summed E-state index contributed by atoms with van der Waals surface area (Å²) in [6, 6.07) is 7.53. The molecule has 1 aromatic carbocycles. The second kappa shape index (κ2) is 6.76. The van der Waals surface area contributed by atoms with Gasteiger partial charge >= 0.3 is 0 Å². The molecule has 0 fully saturated rings. The van der Waals surface area contributed by atoms with Gasteiger partial charge in [0.25, 0.3) is 0 Å². The fourth-order valence-electron chi connectivity index (χ4n) is 1.57. The maximum atomic E-state index is 12.0. The van der Waals surface area contributed by atoms with E-state index in [1.165, 1.54) is 6.08 Å². The topological polar surface area (TPSA) is 58.6 Å². The van der Waals surface area contributed by atoms with Crippen LogP contribution in [0.2, 0.25) is 0 Å². The van der Waals surface area contributed by atoms with Crippen molar-refractivity contribution in [1.82, 2.24) is 5.32 Å². The van der Waals surface area contributed by atoms with Crippen molar-refractivity contribution >= 4 is 12.0 Å². The van der Waals surface area contributed by atoms with E-state index in [1.807, 2.05) is 31.2 Å². The fraction of sp³-hybridized carbons (Fsp3) is 0.471. The summed E-state index contributed by atoms with van der Waals surface area (Å²) in [5.41, 5.74) is -0.899. The highest BCUT2D eigenvalue weighted by atomic mass is 16.5. The number of carbonyl (C=O) groups excluding carboxylic acids is 1. The zero-order valence-electron chi connectivity index (χ0n) is 13.4. The summed E-state index contributed by atoms with van der Waals surface area (Å²) in [7, 11) is 0. The highest BCUT2D eigenvalue weighted by Crippen LogP contribution is 2.21.